The van der Waals surface area contributed by atoms with Gasteiger partial charge in [-0.2, -0.15) is 0 Å². The van der Waals surface area contributed by atoms with Crippen LogP contribution in [0.15, 0.2) is 34.1 Å². The molecule has 0 spiro atoms. The fourth-order valence-electron chi connectivity index (χ4n) is 1.92. The van der Waals surface area contributed by atoms with Crippen molar-refractivity contribution in [2.45, 2.75) is 37.5 Å². The van der Waals surface area contributed by atoms with Crippen molar-refractivity contribution in [3.8, 4) is 0 Å². The molecule has 0 saturated carbocycles. The Hall–Kier alpha value is -1.26. The van der Waals surface area contributed by atoms with Crippen LogP contribution >= 0.6 is 21.6 Å². The van der Waals surface area contributed by atoms with Crippen LogP contribution in [0.5, 0.6) is 0 Å². The number of anilines is 2. The van der Waals surface area contributed by atoms with Gasteiger partial charge in [-0.3, -0.25) is 0 Å². The molecule has 0 fully saturated rings. The van der Waals surface area contributed by atoms with E-state index in [1.165, 1.54) is 11.1 Å². The minimum absolute atomic E-state index is 0.867. The van der Waals surface area contributed by atoms with Gasteiger partial charge in [0.25, 0.3) is 0 Å². The van der Waals surface area contributed by atoms with Crippen LogP contribution in [0.25, 0.3) is 0 Å². The van der Waals surface area contributed by atoms with E-state index >= 15 is 0 Å². The minimum atomic E-state index is 0.867. The van der Waals surface area contributed by atoms with Crippen molar-refractivity contribution in [3.63, 3.8) is 0 Å². The summed E-state index contributed by atoms with van der Waals surface area (Å²) in [5.74, 6) is 0. The van der Waals surface area contributed by atoms with Gasteiger partial charge in [0.05, 0.1) is 0 Å². The summed E-state index contributed by atoms with van der Waals surface area (Å²) in [6, 6.07) is 8.35. The zero-order valence-corrected chi connectivity index (χ0v) is 13.9. The first-order valence-corrected chi connectivity index (χ1v) is 8.62. The van der Waals surface area contributed by atoms with Gasteiger partial charge in [0, 0.05) is 21.2 Å². The van der Waals surface area contributed by atoms with Crippen molar-refractivity contribution >= 4 is 33.0 Å². The lowest BCUT2D eigenvalue weighted by molar-refractivity contribution is 1.27. The molecule has 0 radical (unpaired) electrons. The van der Waals surface area contributed by atoms with Gasteiger partial charge in [-0.05, 0) is 49.9 Å². The lowest BCUT2D eigenvalue weighted by atomic mass is 10.1. The van der Waals surface area contributed by atoms with Crippen LogP contribution in [-0.2, 0) is 0 Å². The van der Waals surface area contributed by atoms with Crippen LogP contribution < -0.4 is 11.5 Å². The van der Waals surface area contributed by atoms with Crippen LogP contribution in [0.4, 0.5) is 11.4 Å². The topological polar surface area (TPSA) is 52.0 Å². The van der Waals surface area contributed by atoms with Crippen molar-refractivity contribution in [2.75, 3.05) is 11.5 Å². The zero-order chi connectivity index (χ0) is 14.9. The number of rotatable bonds is 3. The summed E-state index contributed by atoms with van der Waals surface area (Å²) >= 11 is 0. The number of benzene rings is 2. The normalized spacial score (nSPS) is 10.8. The summed E-state index contributed by atoms with van der Waals surface area (Å²) in [4.78, 5) is 2.27. The molecule has 0 bridgehead atoms. The Labute approximate surface area is 128 Å². The number of hydrogen-bond acceptors (Lipinski definition) is 4. The van der Waals surface area contributed by atoms with Crippen LogP contribution in [0.2, 0.25) is 0 Å². The standard InChI is InChI=1S/C16H20N2S2/c1-9-5-7-11(3)15(13(9)17)19-20-16-12(4)8-6-10(2)14(16)18/h5-8H,17-18H2,1-4H3. The van der Waals surface area contributed by atoms with E-state index in [0.717, 1.165) is 32.3 Å². The van der Waals surface area contributed by atoms with E-state index in [-0.39, 0.29) is 0 Å². The van der Waals surface area contributed by atoms with E-state index in [1.807, 2.05) is 13.8 Å². The average Bonchev–Trinajstić information content (AvgIpc) is 2.42. The van der Waals surface area contributed by atoms with E-state index in [0.29, 0.717) is 0 Å². The van der Waals surface area contributed by atoms with Gasteiger partial charge in [-0.1, -0.05) is 45.9 Å². The molecule has 2 nitrogen and oxygen atoms in total. The maximum Gasteiger partial charge on any atom is 0.0493 e. The number of nitrogen functional groups attached to an aromatic ring is 2. The molecule has 0 amide bonds. The molecule has 2 rings (SSSR count). The zero-order valence-electron chi connectivity index (χ0n) is 12.3. The molecule has 0 atom stereocenters. The molecule has 0 heterocycles. The Morgan fingerprint density at radius 1 is 0.600 bits per heavy atom. The summed E-state index contributed by atoms with van der Waals surface area (Å²) in [5, 5.41) is 0. The highest BCUT2D eigenvalue weighted by atomic mass is 33.1. The predicted octanol–water partition coefficient (Wildman–Crippen LogP) is 4.88. The van der Waals surface area contributed by atoms with Crippen molar-refractivity contribution in [1.29, 1.82) is 0 Å². The van der Waals surface area contributed by atoms with Gasteiger partial charge >= 0.3 is 0 Å². The second-order valence-electron chi connectivity index (χ2n) is 5.05. The second kappa shape index (κ2) is 6.02. The fourth-order valence-corrected chi connectivity index (χ4v) is 4.81. The van der Waals surface area contributed by atoms with Crippen molar-refractivity contribution < 1.29 is 0 Å². The highest BCUT2D eigenvalue weighted by Crippen LogP contribution is 2.46. The Bertz CT molecular complexity index is 594. The Kier molecular flexibility index (Phi) is 4.55. The molecule has 0 aromatic heterocycles. The molecule has 0 unspecified atom stereocenters. The summed E-state index contributed by atoms with van der Waals surface area (Å²) in [7, 11) is 3.38. The Morgan fingerprint density at radius 2 is 0.900 bits per heavy atom. The van der Waals surface area contributed by atoms with Crippen molar-refractivity contribution in [1.82, 2.24) is 0 Å². The average molecular weight is 304 g/mol. The van der Waals surface area contributed by atoms with E-state index in [4.69, 9.17) is 11.5 Å². The molecule has 2 aromatic rings. The van der Waals surface area contributed by atoms with Gasteiger partial charge in [0.2, 0.25) is 0 Å². The highest BCUT2D eigenvalue weighted by molar-refractivity contribution is 8.76. The van der Waals surface area contributed by atoms with Gasteiger partial charge in [-0.25, -0.2) is 0 Å². The number of aryl methyl sites for hydroxylation is 4. The minimum Gasteiger partial charge on any atom is -0.398 e. The molecular weight excluding hydrogens is 284 g/mol. The molecular formula is C16H20N2S2. The van der Waals surface area contributed by atoms with Gasteiger partial charge in [0.15, 0.2) is 0 Å². The molecule has 0 aliphatic rings. The maximum absolute atomic E-state index is 6.19. The lowest BCUT2D eigenvalue weighted by Gasteiger charge is -2.14. The van der Waals surface area contributed by atoms with E-state index in [9.17, 15) is 0 Å². The highest BCUT2D eigenvalue weighted by Gasteiger charge is 2.11. The SMILES string of the molecule is Cc1ccc(C)c(SSc2c(C)ccc(C)c2N)c1N. The quantitative estimate of drug-likeness (QED) is 0.626. The molecule has 106 valence electrons. The maximum atomic E-state index is 6.19. The predicted molar refractivity (Wildman–Crippen MR) is 92.4 cm³/mol. The third-order valence-electron chi connectivity index (χ3n) is 3.43. The number of nitrogens with two attached hydrogens (primary N) is 2. The Balaban J connectivity index is 2.31. The lowest BCUT2D eigenvalue weighted by Crippen LogP contribution is -1.96. The van der Waals surface area contributed by atoms with Crippen LogP contribution in [-0.4, -0.2) is 0 Å². The fraction of sp³-hybridized carbons (Fsp3) is 0.250. The summed E-state index contributed by atoms with van der Waals surface area (Å²) in [6.07, 6.45) is 0. The third kappa shape index (κ3) is 2.91. The molecule has 4 heteroatoms. The monoisotopic (exact) mass is 304 g/mol. The third-order valence-corrected chi connectivity index (χ3v) is 6.18. The number of hydrogen-bond donors (Lipinski definition) is 2. The summed E-state index contributed by atoms with van der Waals surface area (Å²) < 4.78 is 0. The summed E-state index contributed by atoms with van der Waals surface area (Å²) in [5.41, 5.74) is 18.8. The van der Waals surface area contributed by atoms with Crippen molar-refractivity contribution in [3.05, 3.63) is 46.5 Å². The van der Waals surface area contributed by atoms with Gasteiger partial charge in [-0.15, -0.1) is 0 Å². The smallest absolute Gasteiger partial charge is 0.0493 e. The summed E-state index contributed by atoms with van der Waals surface area (Å²) in [6.45, 7) is 8.25. The van der Waals surface area contributed by atoms with Crippen LogP contribution in [0.3, 0.4) is 0 Å². The van der Waals surface area contributed by atoms with Gasteiger partial charge < -0.3 is 11.5 Å². The van der Waals surface area contributed by atoms with E-state index in [1.54, 1.807) is 21.6 Å². The first-order valence-electron chi connectivity index (χ1n) is 6.47. The first kappa shape index (κ1) is 15.1. The molecule has 0 aliphatic heterocycles. The molecule has 20 heavy (non-hydrogen) atoms. The van der Waals surface area contributed by atoms with Gasteiger partial charge in [0.1, 0.15) is 0 Å². The Morgan fingerprint density at radius 3 is 1.25 bits per heavy atom. The van der Waals surface area contributed by atoms with Crippen molar-refractivity contribution in [2.24, 2.45) is 0 Å². The molecule has 2 aromatic carbocycles. The van der Waals surface area contributed by atoms with E-state index in [2.05, 4.69) is 38.1 Å². The molecule has 0 aliphatic carbocycles. The first-order chi connectivity index (χ1) is 9.41. The molecule has 4 N–H and O–H groups in total. The molecule has 0 saturated heterocycles. The van der Waals surface area contributed by atoms with E-state index < -0.39 is 0 Å². The van der Waals surface area contributed by atoms with Crippen LogP contribution in [0.1, 0.15) is 22.3 Å². The largest absolute Gasteiger partial charge is 0.398 e. The second-order valence-corrected chi connectivity index (χ2v) is 7.20. The van der Waals surface area contributed by atoms with Crippen LogP contribution in [0, 0.1) is 27.7 Å².